The minimum Gasteiger partial charge on any atom is -0.480 e. The van der Waals surface area contributed by atoms with Crippen molar-refractivity contribution in [2.75, 3.05) is 0 Å². The van der Waals surface area contributed by atoms with Crippen LogP contribution in [-0.2, 0) is 14.4 Å². The summed E-state index contributed by atoms with van der Waals surface area (Å²) in [5, 5.41) is 18.4. The summed E-state index contributed by atoms with van der Waals surface area (Å²) in [4.78, 5) is 36.8. The van der Waals surface area contributed by atoms with Crippen molar-refractivity contribution >= 4 is 52.2 Å². The van der Waals surface area contributed by atoms with Gasteiger partial charge in [-0.05, 0) is 36.6 Å². The summed E-state index contributed by atoms with van der Waals surface area (Å²) in [6.07, 6.45) is 1.25. The van der Waals surface area contributed by atoms with Gasteiger partial charge in [-0.15, -0.1) is 0 Å². The summed E-state index contributed by atoms with van der Waals surface area (Å²) in [5.41, 5.74) is 0.686. The summed E-state index contributed by atoms with van der Waals surface area (Å²) < 4.78 is 5.49. The minimum absolute atomic E-state index is 0.221. The Kier molecular flexibility index (Phi) is 7.20. The standard InChI is InChI=1S/C19H21NO6S2/c1-4-10(2)15(18(24)25)20-16(21)14(28-19(20)27)9-12-5-7-13(8-6-12)26-11(3)17(22)23/h5-11,15H,4H2,1-3H3,(H,22,23)(H,24,25)/b14-9-. The zero-order chi connectivity index (χ0) is 21.0. The number of thiocarbonyl (C=S) groups is 1. The Morgan fingerprint density at radius 2 is 1.82 bits per heavy atom. The van der Waals surface area contributed by atoms with Crippen molar-refractivity contribution in [3.63, 3.8) is 0 Å². The smallest absolute Gasteiger partial charge is 0.344 e. The Morgan fingerprint density at radius 3 is 2.32 bits per heavy atom. The molecule has 1 aromatic carbocycles. The van der Waals surface area contributed by atoms with Gasteiger partial charge >= 0.3 is 11.9 Å². The van der Waals surface area contributed by atoms with Crippen LogP contribution in [-0.4, -0.2) is 49.4 Å². The molecular formula is C19H21NO6S2. The maximum absolute atomic E-state index is 12.8. The Morgan fingerprint density at radius 1 is 1.21 bits per heavy atom. The van der Waals surface area contributed by atoms with Crippen molar-refractivity contribution in [3.05, 3.63) is 34.7 Å². The van der Waals surface area contributed by atoms with Crippen LogP contribution in [0.1, 0.15) is 32.8 Å². The first-order chi connectivity index (χ1) is 13.1. The molecule has 0 aliphatic carbocycles. The average molecular weight is 424 g/mol. The number of carboxylic acids is 2. The summed E-state index contributed by atoms with van der Waals surface area (Å²) >= 11 is 6.32. The number of carbonyl (C=O) groups excluding carboxylic acids is 1. The van der Waals surface area contributed by atoms with E-state index in [2.05, 4.69) is 0 Å². The molecule has 28 heavy (non-hydrogen) atoms. The molecule has 150 valence electrons. The second-order valence-corrected chi connectivity index (χ2v) is 8.06. The van der Waals surface area contributed by atoms with E-state index in [4.69, 9.17) is 22.1 Å². The molecule has 1 aliphatic heterocycles. The van der Waals surface area contributed by atoms with E-state index in [0.717, 1.165) is 11.8 Å². The fraction of sp³-hybridized carbons (Fsp3) is 0.368. The number of benzene rings is 1. The highest BCUT2D eigenvalue weighted by molar-refractivity contribution is 8.26. The number of carboxylic acid groups (broad SMARTS) is 2. The molecular weight excluding hydrogens is 402 g/mol. The highest BCUT2D eigenvalue weighted by atomic mass is 32.2. The van der Waals surface area contributed by atoms with Crippen LogP contribution in [0.25, 0.3) is 6.08 Å². The lowest BCUT2D eigenvalue weighted by atomic mass is 9.98. The SMILES string of the molecule is CCC(C)C(C(=O)O)N1C(=O)/C(=C/c2ccc(OC(C)C(=O)O)cc2)SC1=S. The first kappa shape index (κ1) is 21.9. The van der Waals surface area contributed by atoms with E-state index in [1.54, 1.807) is 37.3 Å². The van der Waals surface area contributed by atoms with Gasteiger partial charge in [-0.1, -0.05) is 56.4 Å². The van der Waals surface area contributed by atoms with Crippen LogP contribution in [0.3, 0.4) is 0 Å². The van der Waals surface area contributed by atoms with Crippen molar-refractivity contribution < 1.29 is 29.3 Å². The number of hydrogen-bond acceptors (Lipinski definition) is 6. The van der Waals surface area contributed by atoms with Crippen LogP contribution < -0.4 is 4.74 Å². The van der Waals surface area contributed by atoms with Gasteiger partial charge in [0.05, 0.1) is 4.91 Å². The normalized spacial score (nSPS) is 18.8. The molecule has 0 radical (unpaired) electrons. The molecule has 2 N–H and O–H groups in total. The van der Waals surface area contributed by atoms with Gasteiger partial charge in [0.25, 0.3) is 5.91 Å². The first-order valence-electron chi connectivity index (χ1n) is 8.65. The maximum atomic E-state index is 12.8. The van der Waals surface area contributed by atoms with Gasteiger partial charge in [0.15, 0.2) is 6.10 Å². The number of carbonyl (C=O) groups is 3. The lowest BCUT2D eigenvalue weighted by Crippen LogP contribution is -2.47. The average Bonchev–Trinajstić information content (AvgIpc) is 2.90. The van der Waals surface area contributed by atoms with Gasteiger partial charge in [-0.3, -0.25) is 9.69 Å². The molecule has 2 rings (SSSR count). The van der Waals surface area contributed by atoms with E-state index in [9.17, 15) is 19.5 Å². The predicted octanol–water partition coefficient (Wildman–Crippen LogP) is 3.24. The van der Waals surface area contributed by atoms with E-state index in [0.29, 0.717) is 22.6 Å². The fourth-order valence-corrected chi connectivity index (χ4v) is 3.93. The summed E-state index contributed by atoms with van der Waals surface area (Å²) in [6, 6.07) is 5.56. The number of aliphatic carboxylic acids is 2. The van der Waals surface area contributed by atoms with Gasteiger partial charge < -0.3 is 14.9 Å². The zero-order valence-electron chi connectivity index (χ0n) is 15.6. The van der Waals surface area contributed by atoms with Gasteiger partial charge in [-0.25, -0.2) is 9.59 Å². The predicted molar refractivity (Wildman–Crippen MR) is 110 cm³/mol. The first-order valence-corrected chi connectivity index (χ1v) is 9.87. The highest BCUT2D eigenvalue weighted by Gasteiger charge is 2.42. The van der Waals surface area contributed by atoms with E-state index in [-0.39, 0.29) is 10.2 Å². The van der Waals surface area contributed by atoms with Crippen molar-refractivity contribution in [3.8, 4) is 5.75 Å². The third-order valence-electron chi connectivity index (χ3n) is 4.38. The van der Waals surface area contributed by atoms with Crippen LogP contribution in [0.5, 0.6) is 5.75 Å². The monoisotopic (exact) mass is 423 g/mol. The number of rotatable bonds is 8. The summed E-state index contributed by atoms with van der Waals surface area (Å²) in [7, 11) is 0. The Labute approximate surface area is 172 Å². The lowest BCUT2D eigenvalue weighted by Gasteiger charge is -2.27. The Bertz CT molecular complexity index is 820. The maximum Gasteiger partial charge on any atom is 0.344 e. The largest absolute Gasteiger partial charge is 0.480 e. The molecule has 0 spiro atoms. The van der Waals surface area contributed by atoms with E-state index in [1.807, 2.05) is 6.92 Å². The zero-order valence-corrected chi connectivity index (χ0v) is 17.3. The van der Waals surface area contributed by atoms with E-state index < -0.39 is 30.0 Å². The molecule has 1 saturated heterocycles. The number of thioether (sulfide) groups is 1. The number of ether oxygens (including phenoxy) is 1. The van der Waals surface area contributed by atoms with Crippen LogP contribution in [0.4, 0.5) is 0 Å². The Hall–Kier alpha value is -2.39. The molecule has 1 fully saturated rings. The highest BCUT2D eigenvalue weighted by Crippen LogP contribution is 2.36. The number of amides is 1. The number of nitrogens with zero attached hydrogens (tertiary/aromatic N) is 1. The second kappa shape index (κ2) is 9.20. The summed E-state index contributed by atoms with van der Waals surface area (Å²) in [5.74, 6) is -2.43. The minimum atomic E-state index is -1.08. The van der Waals surface area contributed by atoms with Gasteiger partial charge in [0.1, 0.15) is 16.1 Å². The van der Waals surface area contributed by atoms with Crippen LogP contribution in [0.2, 0.25) is 0 Å². The molecule has 1 aromatic rings. The van der Waals surface area contributed by atoms with E-state index in [1.165, 1.54) is 11.8 Å². The quantitative estimate of drug-likeness (QED) is 0.485. The molecule has 0 saturated carbocycles. The molecule has 1 amide bonds. The van der Waals surface area contributed by atoms with Crippen LogP contribution >= 0.6 is 24.0 Å². The van der Waals surface area contributed by atoms with Crippen LogP contribution in [0, 0.1) is 5.92 Å². The molecule has 0 aromatic heterocycles. The Balaban J connectivity index is 2.21. The van der Waals surface area contributed by atoms with Gasteiger partial charge in [0.2, 0.25) is 0 Å². The van der Waals surface area contributed by atoms with Crippen LogP contribution in [0.15, 0.2) is 29.2 Å². The summed E-state index contributed by atoms with van der Waals surface area (Å²) in [6.45, 7) is 5.07. The molecule has 9 heteroatoms. The molecule has 0 bridgehead atoms. The van der Waals surface area contributed by atoms with Crippen molar-refractivity contribution in [1.29, 1.82) is 0 Å². The number of hydrogen-bond donors (Lipinski definition) is 2. The second-order valence-electron chi connectivity index (χ2n) is 6.39. The fourth-order valence-electron chi connectivity index (χ4n) is 2.60. The van der Waals surface area contributed by atoms with Crippen molar-refractivity contribution in [2.24, 2.45) is 5.92 Å². The molecule has 3 unspecified atom stereocenters. The molecule has 1 heterocycles. The van der Waals surface area contributed by atoms with Gasteiger partial charge in [-0.2, -0.15) is 0 Å². The topological polar surface area (TPSA) is 104 Å². The molecule has 7 nitrogen and oxygen atoms in total. The molecule has 3 atom stereocenters. The van der Waals surface area contributed by atoms with Gasteiger partial charge in [0, 0.05) is 0 Å². The third kappa shape index (κ3) is 4.90. The van der Waals surface area contributed by atoms with Crippen molar-refractivity contribution in [1.82, 2.24) is 4.90 Å². The lowest BCUT2D eigenvalue weighted by molar-refractivity contribution is -0.147. The van der Waals surface area contributed by atoms with Crippen molar-refractivity contribution in [2.45, 2.75) is 39.3 Å². The van der Waals surface area contributed by atoms with E-state index >= 15 is 0 Å². The molecule has 1 aliphatic rings. The third-order valence-corrected chi connectivity index (χ3v) is 5.71.